The number of unbranched alkanes of at least 4 members (excludes halogenated alkanes) is 1. The topological polar surface area (TPSA) is 114 Å². The first-order valence-electron chi connectivity index (χ1n) is 8.81. The summed E-state index contributed by atoms with van der Waals surface area (Å²) in [5.74, 6) is -0.499. The van der Waals surface area contributed by atoms with E-state index in [0.29, 0.717) is 12.2 Å². The molecule has 1 N–H and O–H groups in total. The van der Waals surface area contributed by atoms with Gasteiger partial charge in [-0.05, 0) is 31.0 Å². The van der Waals surface area contributed by atoms with Gasteiger partial charge in [-0.15, -0.1) is 0 Å². The smallest absolute Gasteiger partial charge is 0.338 e. The van der Waals surface area contributed by atoms with Gasteiger partial charge in [0.15, 0.2) is 0 Å². The van der Waals surface area contributed by atoms with Crippen LogP contribution >= 0.6 is 15.9 Å². The van der Waals surface area contributed by atoms with Gasteiger partial charge in [-0.2, -0.15) is 0 Å². The number of hydrogen-bond acceptors (Lipinski definition) is 6. The van der Waals surface area contributed by atoms with Gasteiger partial charge in [0, 0.05) is 11.5 Å². The van der Waals surface area contributed by atoms with Crippen LogP contribution in [0.25, 0.3) is 10.4 Å². The predicted molar refractivity (Wildman–Crippen MR) is 105 cm³/mol. The van der Waals surface area contributed by atoms with E-state index in [9.17, 15) is 9.90 Å². The van der Waals surface area contributed by atoms with Crippen LogP contribution in [0.4, 0.5) is 0 Å². The molecule has 150 valence electrons. The lowest BCUT2D eigenvalue weighted by Crippen LogP contribution is -2.39. The normalized spacial score (nSPS) is 15.3. The van der Waals surface area contributed by atoms with E-state index in [4.69, 9.17) is 19.7 Å². The predicted octanol–water partition coefficient (Wildman–Crippen LogP) is 3.83. The van der Waals surface area contributed by atoms with Crippen LogP contribution < -0.4 is 0 Å². The summed E-state index contributed by atoms with van der Waals surface area (Å²) in [5, 5.41) is 12.8. The van der Waals surface area contributed by atoms with Gasteiger partial charge in [0.25, 0.3) is 0 Å². The average molecular weight is 444 g/mol. The zero-order chi connectivity index (χ0) is 20.1. The van der Waals surface area contributed by atoms with Gasteiger partial charge in [-0.1, -0.05) is 52.6 Å². The van der Waals surface area contributed by atoms with E-state index in [1.165, 1.54) is 0 Å². The fourth-order valence-corrected chi connectivity index (χ4v) is 2.67. The molecule has 0 spiro atoms. The van der Waals surface area contributed by atoms with E-state index in [0.717, 1.165) is 12.8 Å². The molecule has 1 rings (SSSR count). The monoisotopic (exact) mass is 443 g/mol. The molecule has 1 aromatic carbocycles. The second kappa shape index (κ2) is 13.5. The molecule has 0 amide bonds. The van der Waals surface area contributed by atoms with Gasteiger partial charge in [0.1, 0.15) is 17.7 Å². The number of hydrogen-bond donors (Lipinski definition) is 1. The van der Waals surface area contributed by atoms with E-state index in [-0.39, 0.29) is 13.2 Å². The molecule has 8 nitrogen and oxygen atoms in total. The van der Waals surface area contributed by atoms with Crippen LogP contribution in [0.5, 0.6) is 0 Å². The minimum absolute atomic E-state index is 0.0759. The number of alkyl halides is 1. The minimum Gasteiger partial charge on any atom is -0.459 e. The number of carbonyl (C=O) groups is 1. The fraction of sp³-hybridized carbons (Fsp3) is 0.611. The molecule has 0 saturated heterocycles. The Morgan fingerprint density at radius 2 is 2.04 bits per heavy atom. The van der Waals surface area contributed by atoms with Crippen molar-refractivity contribution in [3.8, 4) is 0 Å². The third-order valence-electron chi connectivity index (χ3n) is 3.68. The van der Waals surface area contributed by atoms with Crippen LogP contribution in [-0.2, 0) is 14.2 Å². The number of azide groups is 1. The Hall–Kier alpha value is -1.64. The molecule has 9 heteroatoms. The third-order valence-corrected chi connectivity index (χ3v) is 4.48. The van der Waals surface area contributed by atoms with E-state index >= 15 is 0 Å². The lowest BCUT2D eigenvalue weighted by molar-refractivity contribution is -0.106. The quantitative estimate of drug-likeness (QED) is 0.124. The molecule has 0 aliphatic carbocycles. The molecular weight excluding hydrogens is 418 g/mol. The Bertz CT molecular complexity index is 596. The molecular formula is C18H26BrN3O5. The molecule has 4 atom stereocenters. The van der Waals surface area contributed by atoms with Crippen molar-refractivity contribution in [3.63, 3.8) is 0 Å². The lowest BCUT2D eigenvalue weighted by atomic mass is 10.2. The maximum atomic E-state index is 12.1. The molecule has 0 aliphatic rings. The molecule has 0 aliphatic heterocycles. The van der Waals surface area contributed by atoms with Gasteiger partial charge in [0.2, 0.25) is 0 Å². The van der Waals surface area contributed by atoms with Crippen molar-refractivity contribution < 1.29 is 24.1 Å². The number of esters is 1. The van der Waals surface area contributed by atoms with Gasteiger partial charge < -0.3 is 19.3 Å². The number of benzene rings is 1. The van der Waals surface area contributed by atoms with Gasteiger partial charge >= 0.3 is 5.97 Å². The average Bonchev–Trinajstić information content (AvgIpc) is 2.67. The first kappa shape index (κ1) is 23.4. The number of nitrogens with zero attached hydrogens (tertiary/aromatic N) is 3. The summed E-state index contributed by atoms with van der Waals surface area (Å²) in [6, 6.07) is 8.57. The summed E-state index contributed by atoms with van der Waals surface area (Å²) >= 11 is 3.37. The van der Waals surface area contributed by atoms with Crippen molar-refractivity contribution in [1.82, 2.24) is 0 Å². The van der Waals surface area contributed by atoms with Crippen molar-refractivity contribution in [2.24, 2.45) is 5.11 Å². The number of rotatable bonds is 13. The Kier molecular flexibility index (Phi) is 11.7. The first-order chi connectivity index (χ1) is 13.0. The van der Waals surface area contributed by atoms with Crippen molar-refractivity contribution >= 4 is 21.9 Å². The summed E-state index contributed by atoms with van der Waals surface area (Å²) in [5.41, 5.74) is 8.96. The maximum Gasteiger partial charge on any atom is 0.338 e. The second-order valence-electron chi connectivity index (χ2n) is 5.91. The van der Waals surface area contributed by atoms with Crippen molar-refractivity contribution in [2.45, 2.75) is 50.0 Å². The highest BCUT2D eigenvalue weighted by molar-refractivity contribution is 9.09. The van der Waals surface area contributed by atoms with Gasteiger partial charge in [-0.25, -0.2) is 4.79 Å². The maximum absolute atomic E-state index is 12.1. The van der Waals surface area contributed by atoms with Crippen LogP contribution in [0.15, 0.2) is 35.4 Å². The summed E-state index contributed by atoms with van der Waals surface area (Å²) in [4.78, 5) is 14.8. The number of ether oxygens (including phenoxy) is 3. The Labute approximate surface area is 167 Å². The molecule has 0 radical (unpaired) electrons. The first-order valence-corrected chi connectivity index (χ1v) is 9.73. The number of halogens is 1. The largest absolute Gasteiger partial charge is 0.459 e. The zero-order valence-corrected chi connectivity index (χ0v) is 17.1. The molecule has 1 unspecified atom stereocenters. The van der Waals surface area contributed by atoms with Crippen molar-refractivity contribution in [2.75, 3.05) is 19.8 Å². The standard InChI is InChI=1S/C18H26BrN3O5/c1-3-4-10-25-15(11-21-22-20)17(19)27-16(13(2)23)12-26-18(24)14-8-6-5-7-9-14/h5-9,13,15-17,23H,3-4,10-12H2,1-2H3/t13-,15+,16?,17+/m1/s1. The molecule has 0 saturated carbocycles. The fourth-order valence-electron chi connectivity index (χ4n) is 2.07. The van der Waals surface area contributed by atoms with Crippen molar-refractivity contribution in [1.29, 1.82) is 0 Å². The van der Waals surface area contributed by atoms with Gasteiger partial charge in [0.05, 0.1) is 24.3 Å². The van der Waals surface area contributed by atoms with E-state index in [1.807, 2.05) is 6.92 Å². The Morgan fingerprint density at radius 3 is 2.63 bits per heavy atom. The van der Waals surface area contributed by atoms with E-state index in [1.54, 1.807) is 37.3 Å². The minimum atomic E-state index is -0.885. The van der Waals surface area contributed by atoms with Crippen LogP contribution in [0, 0.1) is 0 Å². The molecule has 0 aromatic heterocycles. The molecule has 0 fully saturated rings. The third kappa shape index (κ3) is 9.21. The zero-order valence-electron chi connectivity index (χ0n) is 15.5. The van der Waals surface area contributed by atoms with Crippen LogP contribution in [-0.4, -0.2) is 54.2 Å². The summed E-state index contributed by atoms with van der Waals surface area (Å²) in [6.45, 7) is 4.03. The number of aliphatic hydroxyl groups is 1. The highest BCUT2D eigenvalue weighted by Gasteiger charge is 2.27. The van der Waals surface area contributed by atoms with Gasteiger partial charge in [-0.3, -0.25) is 0 Å². The highest BCUT2D eigenvalue weighted by atomic mass is 79.9. The van der Waals surface area contributed by atoms with Crippen molar-refractivity contribution in [3.05, 3.63) is 46.3 Å². The molecule has 27 heavy (non-hydrogen) atoms. The summed E-state index contributed by atoms with van der Waals surface area (Å²) < 4.78 is 16.7. The van der Waals surface area contributed by atoms with Crippen LogP contribution in [0.1, 0.15) is 37.0 Å². The lowest BCUT2D eigenvalue weighted by Gasteiger charge is -2.28. The Balaban J connectivity index is 2.63. The SMILES string of the molecule is CCCCO[C@@H](CN=[N+]=[N-])[C@@H](Br)OC(COC(=O)c1ccccc1)[C@@H](C)O. The summed E-state index contributed by atoms with van der Waals surface area (Å²) in [7, 11) is 0. The molecule has 1 aromatic rings. The highest BCUT2D eigenvalue weighted by Crippen LogP contribution is 2.18. The van der Waals surface area contributed by atoms with Crippen LogP contribution in [0.2, 0.25) is 0 Å². The summed E-state index contributed by atoms with van der Waals surface area (Å²) in [6.07, 6.45) is -0.359. The van der Waals surface area contributed by atoms with E-state index in [2.05, 4.69) is 26.0 Å². The number of aliphatic hydroxyl groups excluding tert-OH is 1. The molecule has 0 bridgehead atoms. The molecule has 0 heterocycles. The van der Waals surface area contributed by atoms with Crippen LogP contribution in [0.3, 0.4) is 0 Å². The van der Waals surface area contributed by atoms with E-state index < -0.39 is 29.3 Å². The Morgan fingerprint density at radius 1 is 1.33 bits per heavy atom. The second-order valence-corrected chi connectivity index (χ2v) is 6.81. The number of carbonyl (C=O) groups excluding carboxylic acids is 1.